The number of aliphatic hydroxyl groups is 1. The van der Waals surface area contributed by atoms with Gasteiger partial charge in [-0.2, -0.15) is 5.26 Å². The average molecular weight is 441 g/mol. The van der Waals surface area contributed by atoms with Crippen LogP contribution in [-0.4, -0.2) is 20.9 Å². The Labute approximate surface area is 169 Å². The molecule has 0 saturated carbocycles. The average Bonchev–Trinajstić information content (AvgIpc) is 3.12. The molecule has 1 aromatic carbocycles. The first kappa shape index (κ1) is 19.7. The first-order valence-corrected chi connectivity index (χ1v) is 9.21. The topological polar surface area (TPSA) is 99.4 Å². The predicted molar refractivity (Wildman–Crippen MR) is 109 cm³/mol. The molecule has 3 aromatic rings. The second-order valence-electron chi connectivity index (χ2n) is 6.32. The summed E-state index contributed by atoms with van der Waals surface area (Å²) in [6, 6.07) is 12.9. The number of furan rings is 1. The van der Waals surface area contributed by atoms with Crippen molar-refractivity contribution in [2.45, 2.75) is 19.6 Å². The Morgan fingerprint density at radius 1 is 1.32 bits per heavy atom. The fourth-order valence-electron chi connectivity index (χ4n) is 2.82. The molecule has 0 bridgehead atoms. The first-order chi connectivity index (χ1) is 13.3. The van der Waals surface area contributed by atoms with Gasteiger partial charge in [0.25, 0.3) is 5.56 Å². The molecule has 28 heavy (non-hydrogen) atoms. The van der Waals surface area contributed by atoms with Gasteiger partial charge in [-0.1, -0.05) is 34.6 Å². The van der Waals surface area contributed by atoms with Crippen molar-refractivity contribution in [1.29, 1.82) is 5.26 Å². The van der Waals surface area contributed by atoms with E-state index in [1.54, 1.807) is 12.1 Å². The van der Waals surface area contributed by atoms with Crippen LogP contribution in [-0.2, 0) is 6.54 Å². The van der Waals surface area contributed by atoms with Gasteiger partial charge < -0.3 is 14.6 Å². The van der Waals surface area contributed by atoms with Gasteiger partial charge in [0.05, 0.1) is 17.9 Å². The lowest BCUT2D eigenvalue weighted by molar-refractivity contribution is 0.167. The Balaban J connectivity index is 2.17. The van der Waals surface area contributed by atoms with Crippen LogP contribution in [0.25, 0.3) is 24.0 Å². The van der Waals surface area contributed by atoms with Crippen molar-refractivity contribution in [2.24, 2.45) is 0 Å². The molecule has 142 valence electrons. The summed E-state index contributed by atoms with van der Waals surface area (Å²) in [6.07, 6.45) is 0.595. The largest absolute Gasteiger partial charge is 0.493 e. The van der Waals surface area contributed by atoms with Crippen molar-refractivity contribution in [2.75, 3.05) is 0 Å². The summed E-state index contributed by atoms with van der Waals surface area (Å²) in [6.45, 7) is 5.10. The van der Waals surface area contributed by atoms with E-state index >= 15 is 0 Å². The molecule has 0 spiro atoms. The zero-order valence-electron chi connectivity index (χ0n) is 15.0. The zero-order chi connectivity index (χ0) is 20.4. The fourth-order valence-corrected chi connectivity index (χ4v) is 3.08. The SMILES string of the molecule is C=c1c(C#N)c(O)n(CC(C)O)c(=O)/c1=C/c1ccc(-c2ccc(Br)cc2)o1. The van der Waals surface area contributed by atoms with Gasteiger partial charge in [0.15, 0.2) is 0 Å². The summed E-state index contributed by atoms with van der Waals surface area (Å²) in [4.78, 5) is 12.8. The van der Waals surface area contributed by atoms with Gasteiger partial charge in [-0.05, 0) is 37.3 Å². The summed E-state index contributed by atoms with van der Waals surface area (Å²) < 4.78 is 7.71. The monoisotopic (exact) mass is 440 g/mol. The van der Waals surface area contributed by atoms with E-state index in [0.29, 0.717) is 11.5 Å². The Morgan fingerprint density at radius 2 is 2.00 bits per heavy atom. The number of hydrogen-bond donors (Lipinski definition) is 2. The highest BCUT2D eigenvalue weighted by atomic mass is 79.9. The van der Waals surface area contributed by atoms with E-state index in [0.717, 1.165) is 14.6 Å². The summed E-state index contributed by atoms with van der Waals surface area (Å²) in [7, 11) is 0. The minimum Gasteiger partial charge on any atom is -0.493 e. The van der Waals surface area contributed by atoms with E-state index in [9.17, 15) is 20.3 Å². The minimum atomic E-state index is -0.883. The van der Waals surface area contributed by atoms with Crippen molar-refractivity contribution < 1.29 is 14.6 Å². The number of hydrogen-bond acceptors (Lipinski definition) is 5. The quantitative estimate of drug-likeness (QED) is 0.646. The lowest BCUT2D eigenvalue weighted by Gasteiger charge is -2.12. The molecule has 2 heterocycles. The van der Waals surface area contributed by atoms with Crippen LogP contribution in [0.2, 0.25) is 0 Å². The Morgan fingerprint density at radius 3 is 2.61 bits per heavy atom. The molecule has 1 atom stereocenters. The summed E-state index contributed by atoms with van der Waals surface area (Å²) in [5.74, 6) is 0.511. The van der Waals surface area contributed by atoms with Gasteiger partial charge >= 0.3 is 0 Å². The molecule has 0 aliphatic heterocycles. The molecule has 2 N–H and O–H groups in total. The number of rotatable bonds is 4. The van der Waals surface area contributed by atoms with Crippen LogP contribution >= 0.6 is 15.9 Å². The van der Waals surface area contributed by atoms with E-state index in [-0.39, 0.29) is 22.5 Å². The molecule has 0 aliphatic carbocycles. The molecular weight excluding hydrogens is 424 g/mol. The lowest BCUT2D eigenvalue weighted by atomic mass is 10.1. The number of aliphatic hydroxyl groups excluding tert-OH is 1. The summed E-state index contributed by atoms with van der Waals surface area (Å²) in [5, 5.41) is 29.4. The van der Waals surface area contributed by atoms with Crippen LogP contribution < -0.4 is 16.0 Å². The molecule has 0 aliphatic rings. The van der Waals surface area contributed by atoms with Crippen LogP contribution in [0.15, 0.2) is 50.1 Å². The third-order valence-corrected chi connectivity index (χ3v) is 4.71. The van der Waals surface area contributed by atoms with E-state index < -0.39 is 17.5 Å². The van der Waals surface area contributed by atoms with Crippen molar-refractivity contribution in [3.8, 4) is 23.3 Å². The standard InChI is InChI=1S/C21H17BrN2O4/c1-12(25)11-24-20(26)17(13(2)18(10-23)21(24)27)9-16-7-8-19(28-16)14-3-5-15(22)6-4-14/h3-9,12,25,27H,2,11H2,1H3/b17-9+. The highest BCUT2D eigenvalue weighted by Gasteiger charge is 2.15. The number of nitrogens with zero attached hydrogens (tertiary/aromatic N) is 2. The normalized spacial score (nSPS) is 12.7. The number of halogens is 1. The molecule has 7 heteroatoms. The number of pyridine rings is 1. The van der Waals surface area contributed by atoms with Gasteiger partial charge in [0, 0.05) is 15.3 Å². The van der Waals surface area contributed by atoms with E-state index in [1.807, 2.05) is 30.3 Å². The second-order valence-corrected chi connectivity index (χ2v) is 7.24. The molecule has 0 amide bonds. The Bertz CT molecular complexity index is 1230. The molecule has 0 radical (unpaired) electrons. The van der Waals surface area contributed by atoms with Gasteiger partial charge in [0.1, 0.15) is 23.2 Å². The molecule has 6 nitrogen and oxygen atoms in total. The molecule has 2 aromatic heterocycles. The summed E-state index contributed by atoms with van der Waals surface area (Å²) >= 11 is 3.38. The molecule has 1 unspecified atom stereocenters. The van der Waals surface area contributed by atoms with E-state index in [1.165, 1.54) is 13.0 Å². The number of aromatic nitrogens is 1. The van der Waals surface area contributed by atoms with E-state index in [4.69, 9.17) is 4.42 Å². The van der Waals surface area contributed by atoms with Crippen molar-refractivity contribution >= 4 is 28.6 Å². The van der Waals surface area contributed by atoms with E-state index in [2.05, 4.69) is 22.5 Å². The maximum Gasteiger partial charge on any atom is 0.261 e. The lowest BCUT2D eigenvalue weighted by Crippen LogP contribution is -2.46. The van der Waals surface area contributed by atoms with Gasteiger partial charge in [0.2, 0.25) is 5.88 Å². The highest BCUT2D eigenvalue weighted by Crippen LogP contribution is 2.24. The summed E-state index contributed by atoms with van der Waals surface area (Å²) in [5.41, 5.74) is 0.183. The van der Waals surface area contributed by atoms with Gasteiger partial charge in [-0.15, -0.1) is 0 Å². The second kappa shape index (κ2) is 7.89. The third kappa shape index (κ3) is 3.79. The maximum atomic E-state index is 12.8. The minimum absolute atomic E-state index is 0.105. The van der Waals surface area contributed by atoms with Crippen LogP contribution in [0.1, 0.15) is 18.2 Å². The van der Waals surface area contributed by atoms with Gasteiger partial charge in [-0.25, -0.2) is 0 Å². The Hall–Kier alpha value is -3.08. The third-order valence-electron chi connectivity index (χ3n) is 4.18. The smallest absolute Gasteiger partial charge is 0.261 e. The molecule has 0 fully saturated rings. The molecular formula is C21H17BrN2O4. The van der Waals surface area contributed by atoms with Crippen LogP contribution in [0.5, 0.6) is 5.88 Å². The maximum absolute atomic E-state index is 12.8. The van der Waals surface area contributed by atoms with Gasteiger partial charge in [-0.3, -0.25) is 9.36 Å². The first-order valence-electron chi connectivity index (χ1n) is 8.42. The number of aromatic hydroxyl groups is 1. The van der Waals surface area contributed by atoms with Crippen LogP contribution in [0.4, 0.5) is 0 Å². The predicted octanol–water partition coefficient (Wildman–Crippen LogP) is 2.07. The van der Waals surface area contributed by atoms with Crippen LogP contribution in [0.3, 0.4) is 0 Å². The fraction of sp³-hybridized carbons (Fsp3) is 0.143. The van der Waals surface area contributed by atoms with Crippen LogP contribution in [0, 0.1) is 11.3 Å². The Kier molecular flexibility index (Phi) is 5.54. The van der Waals surface area contributed by atoms with Crippen molar-refractivity contribution in [3.05, 3.63) is 73.0 Å². The van der Waals surface area contributed by atoms with Crippen molar-refractivity contribution in [3.63, 3.8) is 0 Å². The molecule has 0 saturated heterocycles. The van der Waals surface area contributed by atoms with Crippen molar-refractivity contribution in [1.82, 2.24) is 4.57 Å². The highest BCUT2D eigenvalue weighted by molar-refractivity contribution is 9.10. The molecule has 3 rings (SSSR count). The number of benzene rings is 1. The zero-order valence-corrected chi connectivity index (χ0v) is 16.6. The number of nitriles is 1.